The van der Waals surface area contributed by atoms with Crippen LogP contribution in [-0.2, 0) is 11.3 Å². The molecular weight excluding hydrogens is 348 g/mol. The summed E-state index contributed by atoms with van der Waals surface area (Å²) in [5, 5.41) is 0.741. The quantitative estimate of drug-likeness (QED) is 0.511. The summed E-state index contributed by atoms with van der Waals surface area (Å²) in [6.07, 6.45) is 3.42. The minimum absolute atomic E-state index is 0.0228. The molecule has 0 spiro atoms. The normalized spacial score (nSPS) is 12.1. The maximum atomic E-state index is 13.0. The zero-order valence-electron chi connectivity index (χ0n) is 14.9. The van der Waals surface area contributed by atoms with Crippen LogP contribution >= 0.6 is 11.8 Å². The van der Waals surface area contributed by atoms with Gasteiger partial charge in [-0.05, 0) is 30.7 Å². The van der Waals surface area contributed by atoms with Crippen molar-refractivity contribution in [2.75, 3.05) is 14.1 Å². The predicted octanol–water partition coefficient (Wildman–Crippen LogP) is 2.41. The number of pyridine rings is 1. The summed E-state index contributed by atoms with van der Waals surface area (Å²) >= 11 is 1.30. The van der Waals surface area contributed by atoms with E-state index in [1.807, 2.05) is 37.3 Å². The highest BCUT2D eigenvalue weighted by Crippen LogP contribution is 2.24. The monoisotopic (exact) mass is 368 g/mol. The molecule has 1 atom stereocenters. The minimum atomic E-state index is -0.349. The molecule has 3 aromatic rings. The summed E-state index contributed by atoms with van der Waals surface area (Å²) < 4.78 is 1.61. The van der Waals surface area contributed by atoms with Gasteiger partial charge in [-0.1, -0.05) is 30.0 Å². The number of carbonyl (C=O) groups excluding carboxylic acids is 1. The second-order valence-electron chi connectivity index (χ2n) is 6.16. The number of rotatable bonds is 5. The third kappa shape index (κ3) is 3.77. The van der Waals surface area contributed by atoms with Crippen molar-refractivity contribution >= 4 is 28.6 Å². The van der Waals surface area contributed by atoms with Gasteiger partial charge in [-0.15, -0.1) is 0 Å². The molecule has 0 fully saturated rings. The molecule has 0 aliphatic heterocycles. The Morgan fingerprint density at radius 2 is 2.00 bits per heavy atom. The Bertz CT molecular complexity index is 986. The predicted molar refractivity (Wildman–Crippen MR) is 103 cm³/mol. The number of para-hydroxylation sites is 1. The Balaban J connectivity index is 2.08. The molecule has 0 radical (unpaired) electrons. The molecule has 134 valence electrons. The van der Waals surface area contributed by atoms with E-state index in [0.29, 0.717) is 22.6 Å². The summed E-state index contributed by atoms with van der Waals surface area (Å²) in [5.41, 5.74) is 1.42. The fourth-order valence-electron chi connectivity index (χ4n) is 2.62. The van der Waals surface area contributed by atoms with E-state index in [9.17, 15) is 9.59 Å². The van der Waals surface area contributed by atoms with Gasteiger partial charge in [0, 0.05) is 26.5 Å². The fraction of sp³-hybridized carbons (Fsp3) is 0.263. The minimum Gasteiger partial charge on any atom is -0.348 e. The van der Waals surface area contributed by atoms with Crippen molar-refractivity contribution in [3.8, 4) is 0 Å². The van der Waals surface area contributed by atoms with Gasteiger partial charge in [0.1, 0.15) is 0 Å². The van der Waals surface area contributed by atoms with Crippen molar-refractivity contribution in [2.45, 2.75) is 23.9 Å². The third-order valence-electron chi connectivity index (χ3n) is 3.96. The molecule has 6 nitrogen and oxygen atoms in total. The van der Waals surface area contributed by atoms with Crippen LogP contribution in [-0.4, -0.2) is 44.7 Å². The lowest BCUT2D eigenvalue weighted by Crippen LogP contribution is -2.31. The molecule has 2 heterocycles. The number of hydrogen-bond donors (Lipinski definition) is 0. The second-order valence-corrected chi connectivity index (χ2v) is 7.46. The van der Waals surface area contributed by atoms with Gasteiger partial charge < -0.3 is 4.90 Å². The zero-order chi connectivity index (χ0) is 18.7. The summed E-state index contributed by atoms with van der Waals surface area (Å²) in [4.78, 5) is 35.6. The van der Waals surface area contributed by atoms with Crippen molar-refractivity contribution in [3.05, 3.63) is 64.7 Å². The second kappa shape index (κ2) is 7.70. The standard InChI is InChI=1S/C19H20N4O2S/c1-13(17(24)22(2)3)26-19-21-16-9-5-4-8-15(16)18(25)23(19)12-14-7-6-10-20-11-14/h4-11,13H,12H2,1-3H3/t13-/m0/s1. The SMILES string of the molecule is C[C@H](Sc1nc2ccccc2c(=O)n1Cc1cccnc1)C(=O)N(C)C. The number of amides is 1. The highest BCUT2D eigenvalue weighted by molar-refractivity contribution is 8.00. The van der Waals surface area contributed by atoms with Gasteiger partial charge in [0.05, 0.1) is 22.7 Å². The molecule has 0 bridgehead atoms. The molecule has 26 heavy (non-hydrogen) atoms. The Hall–Kier alpha value is -2.67. The lowest BCUT2D eigenvalue weighted by atomic mass is 10.2. The topological polar surface area (TPSA) is 68.1 Å². The van der Waals surface area contributed by atoms with E-state index >= 15 is 0 Å². The van der Waals surface area contributed by atoms with E-state index in [4.69, 9.17) is 0 Å². The largest absolute Gasteiger partial charge is 0.348 e. The summed E-state index contributed by atoms with van der Waals surface area (Å²) in [5.74, 6) is -0.0228. The molecule has 0 unspecified atom stereocenters. The first-order valence-corrected chi connectivity index (χ1v) is 9.11. The van der Waals surface area contributed by atoms with Crippen molar-refractivity contribution in [1.29, 1.82) is 0 Å². The van der Waals surface area contributed by atoms with Crippen LogP contribution in [0.1, 0.15) is 12.5 Å². The number of thioether (sulfide) groups is 1. The van der Waals surface area contributed by atoms with Crippen LogP contribution in [0.3, 0.4) is 0 Å². The lowest BCUT2D eigenvalue weighted by Gasteiger charge is -2.18. The van der Waals surface area contributed by atoms with Gasteiger partial charge in [-0.2, -0.15) is 0 Å². The number of nitrogens with zero attached hydrogens (tertiary/aromatic N) is 4. The zero-order valence-corrected chi connectivity index (χ0v) is 15.7. The smallest absolute Gasteiger partial charge is 0.262 e. The number of hydrogen-bond acceptors (Lipinski definition) is 5. The van der Waals surface area contributed by atoms with E-state index in [1.165, 1.54) is 11.8 Å². The van der Waals surface area contributed by atoms with Crippen molar-refractivity contribution in [3.63, 3.8) is 0 Å². The van der Waals surface area contributed by atoms with Gasteiger partial charge in [0.25, 0.3) is 5.56 Å². The first-order chi connectivity index (χ1) is 12.5. The first kappa shape index (κ1) is 18.1. The third-order valence-corrected chi connectivity index (χ3v) is 5.04. The van der Waals surface area contributed by atoms with E-state index in [2.05, 4.69) is 9.97 Å². The van der Waals surface area contributed by atoms with Crippen LogP contribution in [0.4, 0.5) is 0 Å². The van der Waals surface area contributed by atoms with Crippen LogP contribution in [0, 0.1) is 0 Å². The van der Waals surface area contributed by atoms with Gasteiger partial charge in [-0.25, -0.2) is 4.98 Å². The summed E-state index contributed by atoms with van der Waals surface area (Å²) in [7, 11) is 3.44. The maximum Gasteiger partial charge on any atom is 0.262 e. The maximum absolute atomic E-state index is 13.0. The molecule has 0 aliphatic rings. The summed E-state index contributed by atoms with van der Waals surface area (Å²) in [6, 6.07) is 11.0. The van der Waals surface area contributed by atoms with Crippen LogP contribution in [0.15, 0.2) is 58.7 Å². The lowest BCUT2D eigenvalue weighted by molar-refractivity contribution is -0.127. The van der Waals surface area contributed by atoms with Crippen molar-refractivity contribution < 1.29 is 4.79 Å². The molecule has 0 aliphatic carbocycles. The first-order valence-electron chi connectivity index (χ1n) is 8.23. The van der Waals surface area contributed by atoms with E-state index < -0.39 is 0 Å². The number of fused-ring (bicyclic) bond motifs is 1. The molecule has 0 saturated heterocycles. The van der Waals surface area contributed by atoms with Gasteiger partial charge >= 0.3 is 0 Å². The summed E-state index contributed by atoms with van der Waals surface area (Å²) in [6.45, 7) is 2.18. The van der Waals surface area contributed by atoms with Crippen molar-refractivity contribution in [2.24, 2.45) is 0 Å². The Morgan fingerprint density at radius 1 is 1.23 bits per heavy atom. The molecule has 1 amide bonds. The molecule has 0 N–H and O–H groups in total. The van der Waals surface area contributed by atoms with Crippen molar-refractivity contribution in [1.82, 2.24) is 19.4 Å². The number of carbonyl (C=O) groups is 1. The fourth-order valence-corrected chi connectivity index (χ4v) is 3.68. The average Bonchev–Trinajstić information content (AvgIpc) is 2.65. The van der Waals surface area contributed by atoms with Gasteiger partial charge in [0.2, 0.25) is 5.91 Å². The number of aromatic nitrogens is 3. The van der Waals surface area contributed by atoms with Crippen LogP contribution < -0.4 is 5.56 Å². The van der Waals surface area contributed by atoms with Crippen LogP contribution in [0.5, 0.6) is 0 Å². The Labute approximate surface area is 155 Å². The molecule has 0 saturated carbocycles. The van der Waals surface area contributed by atoms with E-state index in [1.54, 1.807) is 42.0 Å². The van der Waals surface area contributed by atoms with Crippen LogP contribution in [0.2, 0.25) is 0 Å². The van der Waals surface area contributed by atoms with E-state index in [-0.39, 0.29) is 16.7 Å². The average molecular weight is 368 g/mol. The highest BCUT2D eigenvalue weighted by atomic mass is 32.2. The van der Waals surface area contributed by atoms with Gasteiger partial charge in [0.15, 0.2) is 5.16 Å². The van der Waals surface area contributed by atoms with E-state index in [0.717, 1.165) is 5.56 Å². The number of benzene rings is 1. The molecule has 7 heteroatoms. The molecule has 3 rings (SSSR count). The molecule has 1 aromatic carbocycles. The van der Waals surface area contributed by atoms with Gasteiger partial charge in [-0.3, -0.25) is 19.1 Å². The Kier molecular flexibility index (Phi) is 5.37. The molecule has 2 aromatic heterocycles. The Morgan fingerprint density at radius 3 is 2.69 bits per heavy atom. The highest BCUT2D eigenvalue weighted by Gasteiger charge is 2.20. The van der Waals surface area contributed by atoms with Crippen LogP contribution in [0.25, 0.3) is 10.9 Å². The molecular formula is C19H20N4O2S.